The van der Waals surface area contributed by atoms with Gasteiger partial charge in [0.25, 0.3) is 0 Å². The lowest BCUT2D eigenvalue weighted by Gasteiger charge is -2.14. The SMILES string of the molecule is COc1cc(CCc2cccc(CCc3ccc4c(c3)OCO4)c2)cc(OC)c1OC. The summed E-state index contributed by atoms with van der Waals surface area (Å²) in [5.74, 6) is 3.68. The number of ether oxygens (including phenoxy) is 5. The van der Waals surface area contributed by atoms with Crippen molar-refractivity contribution in [2.75, 3.05) is 28.1 Å². The molecule has 0 spiro atoms. The Hall–Kier alpha value is -3.34. The van der Waals surface area contributed by atoms with Crippen LogP contribution in [0.4, 0.5) is 0 Å². The molecule has 0 fully saturated rings. The van der Waals surface area contributed by atoms with E-state index in [-0.39, 0.29) is 0 Å². The maximum Gasteiger partial charge on any atom is 0.231 e. The van der Waals surface area contributed by atoms with Crippen molar-refractivity contribution in [3.63, 3.8) is 0 Å². The van der Waals surface area contributed by atoms with Gasteiger partial charge in [-0.05, 0) is 72.2 Å². The molecule has 1 heterocycles. The molecule has 5 heteroatoms. The van der Waals surface area contributed by atoms with Gasteiger partial charge in [0.05, 0.1) is 21.3 Å². The lowest BCUT2D eigenvalue weighted by Crippen LogP contribution is -1.99. The van der Waals surface area contributed by atoms with Gasteiger partial charge in [-0.3, -0.25) is 0 Å². The van der Waals surface area contributed by atoms with Crippen LogP contribution in [0.5, 0.6) is 28.7 Å². The van der Waals surface area contributed by atoms with E-state index in [0.29, 0.717) is 24.0 Å². The van der Waals surface area contributed by atoms with E-state index in [1.807, 2.05) is 18.2 Å². The largest absolute Gasteiger partial charge is 0.493 e. The molecule has 0 bridgehead atoms. The Morgan fingerprint density at radius 3 is 1.81 bits per heavy atom. The number of hydrogen-bond acceptors (Lipinski definition) is 5. The van der Waals surface area contributed by atoms with Crippen molar-refractivity contribution in [3.05, 3.63) is 76.9 Å². The van der Waals surface area contributed by atoms with Gasteiger partial charge in [-0.25, -0.2) is 0 Å². The molecule has 0 N–H and O–H groups in total. The van der Waals surface area contributed by atoms with Crippen LogP contribution in [0.25, 0.3) is 0 Å². The molecule has 0 aliphatic carbocycles. The van der Waals surface area contributed by atoms with Gasteiger partial charge >= 0.3 is 0 Å². The summed E-state index contributed by atoms with van der Waals surface area (Å²) < 4.78 is 27.2. The summed E-state index contributed by atoms with van der Waals surface area (Å²) in [4.78, 5) is 0. The highest BCUT2D eigenvalue weighted by Crippen LogP contribution is 2.38. The molecule has 0 aromatic heterocycles. The Morgan fingerprint density at radius 2 is 1.19 bits per heavy atom. The molecule has 162 valence electrons. The van der Waals surface area contributed by atoms with Crippen molar-refractivity contribution in [2.45, 2.75) is 25.7 Å². The van der Waals surface area contributed by atoms with Crippen molar-refractivity contribution >= 4 is 0 Å². The second-order valence-electron chi connectivity index (χ2n) is 7.54. The van der Waals surface area contributed by atoms with E-state index < -0.39 is 0 Å². The van der Waals surface area contributed by atoms with Crippen LogP contribution in [-0.4, -0.2) is 28.1 Å². The molecule has 0 unspecified atom stereocenters. The van der Waals surface area contributed by atoms with Gasteiger partial charge in [0, 0.05) is 0 Å². The van der Waals surface area contributed by atoms with Gasteiger partial charge in [-0.1, -0.05) is 30.3 Å². The van der Waals surface area contributed by atoms with Crippen LogP contribution < -0.4 is 23.7 Å². The van der Waals surface area contributed by atoms with E-state index in [1.165, 1.54) is 16.7 Å². The fourth-order valence-corrected chi connectivity index (χ4v) is 3.89. The van der Waals surface area contributed by atoms with Gasteiger partial charge in [-0.15, -0.1) is 0 Å². The molecule has 31 heavy (non-hydrogen) atoms. The Morgan fingerprint density at radius 1 is 0.613 bits per heavy atom. The van der Waals surface area contributed by atoms with E-state index in [2.05, 4.69) is 36.4 Å². The molecule has 0 radical (unpaired) electrons. The second-order valence-corrected chi connectivity index (χ2v) is 7.54. The quantitative estimate of drug-likeness (QED) is 0.487. The summed E-state index contributed by atoms with van der Waals surface area (Å²) in [6, 6.07) is 19.0. The Bertz CT molecular complexity index is 1020. The normalized spacial score (nSPS) is 12.0. The molecular weight excluding hydrogens is 392 g/mol. The first-order valence-corrected chi connectivity index (χ1v) is 10.5. The molecule has 1 aliphatic rings. The maximum atomic E-state index is 5.48. The number of hydrogen-bond donors (Lipinski definition) is 0. The molecule has 3 aromatic rings. The summed E-state index contributed by atoms with van der Waals surface area (Å²) in [5.41, 5.74) is 5.06. The van der Waals surface area contributed by atoms with E-state index in [9.17, 15) is 0 Å². The summed E-state index contributed by atoms with van der Waals surface area (Å²) in [6.45, 7) is 0.312. The standard InChI is InChI=1S/C26H28O5/c1-27-24-15-21(16-25(28-2)26(24)29-3)10-9-19-6-4-5-18(13-19)7-8-20-11-12-22-23(14-20)31-17-30-22/h4-6,11-16H,7-10,17H2,1-3H3. The molecule has 5 nitrogen and oxygen atoms in total. The zero-order valence-electron chi connectivity index (χ0n) is 18.3. The Labute approximate surface area is 183 Å². The average molecular weight is 421 g/mol. The monoisotopic (exact) mass is 420 g/mol. The van der Waals surface area contributed by atoms with Gasteiger partial charge in [-0.2, -0.15) is 0 Å². The summed E-state index contributed by atoms with van der Waals surface area (Å²) in [5, 5.41) is 0. The first-order chi connectivity index (χ1) is 15.2. The Balaban J connectivity index is 1.40. The predicted octanol–water partition coefficient (Wildman–Crippen LogP) is 5.01. The number of rotatable bonds is 9. The number of benzene rings is 3. The first-order valence-electron chi connectivity index (χ1n) is 10.5. The van der Waals surface area contributed by atoms with Crippen LogP contribution in [0.15, 0.2) is 54.6 Å². The molecule has 1 aliphatic heterocycles. The molecule has 0 atom stereocenters. The zero-order chi connectivity index (χ0) is 21.6. The van der Waals surface area contributed by atoms with Crippen molar-refractivity contribution < 1.29 is 23.7 Å². The summed E-state index contributed by atoms with van der Waals surface area (Å²) >= 11 is 0. The molecule has 0 saturated heterocycles. The van der Waals surface area contributed by atoms with Crippen molar-refractivity contribution in [1.29, 1.82) is 0 Å². The van der Waals surface area contributed by atoms with E-state index >= 15 is 0 Å². The zero-order valence-corrected chi connectivity index (χ0v) is 18.3. The minimum Gasteiger partial charge on any atom is -0.493 e. The summed E-state index contributed by atoms with van der Waals surface area (Å²) in [6.07, 6.45) is 3.78. The summed E-state index contributed by atoms with van der Waals surface area (Å²) in [7, 11) is 4.91. The fourth-order valence-electron chi connectivity index (χ4n) is 3.89. The first kappa shape index (κ1) is 20.9. The molecule has 0 saturated carbocycles. The van der Waals surface area contributed by atoms with Gasteiger partial charge in [0.15, 0.2) is 23.0 Å². The fraction of sp³-hybridized carbons (Fsp3) is 0.308. The van der Waals surface area contributed by atoms with Crippen molar-refractivity contribution in [2.24, 2.45) is 0 Å². The number of methoxy groups -OCH3 is 3. The van der Waals surface area contributed by atoms with Crippen LogP contribution >= 0.6 is 0 Å². The smallest absolute Gasteiger partial charge is 0.231 e. The number of aryl methyl sites for hydroxylation is 4. The topological polar surface area (TPSA) is 46.2 Å². The highest BCUT2D eigenvalue weighted by Gasteiger charge is 2.14. The Kier molecular flexibility index (Phi) is 6.51. The number of fused-ring (bicyclic) bond motifs is 1. The van der Waals surface area contributed by atoms with E-state index in [4.69, 9.17) is 23.7 Å². The van der Waals surface area contributed by atoms with E-state index in [1.54, 1.807) is 21.3 Å². The minimum absolute atomic E-state index is 0.312. The molecule has 0 amide bonds. The van der Waals surface area contributed by atoms with Crippen LogP contribution in [0.3, 0.4) is 0 Å². The molecule has 4 rings (SSSR count). The second kappa shape index (κ2) is 9.65. The lowest BCUT2D eigenvalue weighted by atomic mass is 9.99. The highest BCUT2D eigenvalue weighted by atomic mass is 16.7. The third-order valence-corrected chi connectivity index (χ3v) is 5.56. The molecular formula is C26H28O5. The van der Waals surface area contributed by atoms with Crippen molar-refractivity contribution in [3.8, 4) is 28.7 Å². The minimum atomic E-state index is 0.312. The van der Waals surface area contributed by atoms with Crippen LogP contribution in [0.1, 0.15) is 22.3 Å². The van der Waals surface area contributed by atoms with E-state index in [0.717, 1.165) is 42.7 Å². The van der Waals surface area contributed by atoms with Crippen LogP contribution in [-0.2, 0) is 25.7 Å². The highest BCUT2D eigenvalue weighted by molar-refractivity contribution is 5.54. The predicted molar refractivity (Wildman–Crippen MR) is 120 cm³/mol. The maximum absolute atomic E-state index is 5.48. The van der Waals surface area contributed by atoms with Gasteiger partial charge in [0.2, 0.25) is 12.5 Å². The average Bonchev–Trinajstić information content (AvgIpc) is 3.29. The third-order valence-electron chi connectivity index (χ3n) is 5.56. The van der Waals surface area contributed by atoms with Crippen LogP contribution in [0.2, 0.25) is 0 Å². The van der Waals surface area contributed by atoms with Crippen molar-refractivity contribution in [1.82, 2.24) is 0 Å². The van der Waals surface area contributed by atoms with Crippen LogP contribution in [0, 0.1) is 0 Å². The van der Waals surface area contributed by atoms with Gasteiger partial charge < -0.3 is 23.7 Å². The van der Waals surface area contributed by atoms with Gasteiger partial charge in [0.1, 0.15) is 0 Å². The third kappa shape index (κ3) is 4.88. The molecule has 3 aromatic carbocycles. The lowest BCUT2D eigenvalue weighted by molar-refractivity contribution is 0.174.